The molecule has 0 saturated carbocycles. The maximum atomic E-state index is 6.67. The fourth-order valence-corrected chi connectivity index (χ4v) is 5.03. The van der Waals surface area contributed by atoms with Crippen molar-refractivity contribution in [2.75, 3.05) is 6.61 Å². The fraction of sp³-hybridized carbons (Fsp3) is 0.333. The second-order valence-electron chi connectivity index (χ2n) is 9.99. The van der Waals surface area contributed by atoms with Crippen LogP contribution in [0.3, 0.4) is 0 Å². The van der Waals surface area contributed by atoms with Gasteiger partial charge in [-0.1, -0.05) is 88.0 Å². The summed E-state index contributed by atoms with van der Waals surface area (Å²) in [6.07, 6.45) is 0.886. The maximum absolute atomic E-state index is 6.67. The molecule has 1 heterocycles. The largest absolute Gasteiger partial charge is 0.416 e. The van der Waals surface area contributed by atoms with Gasteiger partial charge in [-0.3, -0.25) is 0 Å². The highest BCUT2D eigenvalue weighted by Gasteiger charge is 2.40. The van der Waals surface area contributed by atoms with E-state index in [4.69, 9.17) is 9.52 Å². The van der Waals surface area contributed by atoms with Crippen molar-refractivity contribution in [2.45, 2.75) is 51.2 Å². The number of allylic oxidation sites excluding steroid dienone is 1. The number of aromatic nitrogens is 2. The Morgan fingerprint density at radius 3 is 1.97 bits per heavy atom. The summed E-state index contributed by atoms with van der Waals surface area (Å²) in [4.78, 5) is 0. The Labute approximate surface area is 187 Å². The molecular weight excluding hydrogens is 396 g/mol. The molecule has 0 fully saturated rings. The molecule has 1 aromatic heterocycles. The van der Waals surface area contributed by atoms with Gasteiger partial charge in [0.05, 0.1) is 5.69 Å². The topological polar surface area (TPSA) is 35.0 Å². The van der Waals surface area contributed by atoms with Gasteiger partial charge in [0.25, 0.3) is 0 Å². The summed E-state index contributed by atoms with van der Waals surface area (Å²) in [5, 5.41) is 9.61. The van der Waals surface area contributed by atoms with Crippen LogP contribution in [0.1, 0.15) is 44.2 Å². The van der Waals surface area contributed by atoms with E-state index in [1.807, 2.05) is 24.3 Å². The van der Waals surface area contributed by atoms with Gasteiger partial charge in [-0.25, -0.2) is 0 Å². The Bertz CT molecular complexity index is 1090. The van der Waals surface area contributed by atoms with Gasteiger partial charge in [-0.05, 0) is 35.7 Å². The van der Waals surface area contributed by atoms with Crippen molar-refractivity contribution in [3.8, 4) is 22.5 Å². The van der Waals surface area contributed by atoms with E-state index >= 15 is 0 Å². The Morgan fingerprint density at radius 2 is 1.42 bits per heavy atom. The first-order valence-electron chi connectivity index (χ1n) is 11.0. The molecule has 1 aliphatic carbocycles. The predicted molar refractivity (Wildman–Crippen MR) is 132 cm³/mol. The average Bonchev–Trinajstić information content (AvgIpc) is 3.09. The number of fused-ring (bicyclic) bond motifs is 1. The smallest absolute Gasteiger partial charge is 0.192 e. The molecule has 0 bridgehead atoms. The molecule has 0 radical (unpaired) electrons. The molecule has 0 aliphatic heterocycles. The SMILES string of the molecule is C=C1C[C@H](CO[Si](C)(C)C(C)(C)C)c2c(-c3ccccc3)nnc(-c3ccccc3)c21. The minimum atomic E-state index is -1.86. The normalized spacial score (nSPS) is 16.4. The zero-order valence-electron chi connectivity index (χ0n) is 19.3. The van der Waals surface area contributed by atoms with Crippen LogP contribution in [-0.2, 0) is 4.43 Å². The number of hydrogen-bond donors (Lipinski definition) is 0. The third-order valence-electron chi connectivity index (χ3n) is 6.81. The van der Waals surface area contributed by atoms with Crippen LogP contribution >= 0.6 is 0 Å². The van der Waals surface area contributed by atoms with E-state index in [0.717, 1.165) is 40.1 Å². The molecule has 0 saturated heterocycles. The molecule has 0 N–H and O–H groups in total. The Kier molecular flexibility index (Phi) is 5.71. The van der Waals surface area contributed by atoms with Crippen molar-refractivity contribution in [3.05, 3.63) is 78.4 Å². The Morgan fingerprint density at radius 1 is 0.903 bits per heavy atom. The number of benzene rings is 2. The highest BCUT2D eigenvalue weighted by atomic mass is 28.4. The Balaban J connectivity index is 1.82. The van der Waals surface area contributed by atoms with Crippen molar-refractivity contribution in [3.63, 3.8) is 0 Å². The summed E-state index contributed by atoms with van der Waals surface area (Å²) in [7, 11) is -1.86. The van der Waals surface area contributed by atoms with E-state index in [0.29, 0.717) is 6.61 Å². The summed E-state index contributed by atoms with van der Waals surface area (Å²) in [6.45, 7) is 16.6. The van der Waals surface area contributed by atoms with Crippen LogP contribution in [0.5, 0.6) is 0 Å². The highest BCUT2D eigenvalue weighted by molar-refractivity contribution is 6.74. The van der Waals surface area contributed by atoms with Crippen LogP contribution in [-0.4, -0.2) is 25.1 Å². The third kappa shape index (κ3) is 4.15. The standard InChI is InChI=1S/C27H32N2OSi/c1-19-17-22(18-30-31(5,6)27(2,3)4)24-23(19)25(20-13-9-7-10-14-20)28-29-26(24)21-15-11-8-12-16-21/h7-16,22H,1,17-18H2,2-6H3/t22-/m1/s1. The van der Waals surface area contributed by atoms with Gasteiger partial charge >= 0.3 is 0 Å². The number of hydrogen-bond acceptors (Lipinski definition) is 3. The van der Waals surface area contributed by atoms with Gasteiger partial charge in [0.15, 0.2) is 8.32 Å². The molecule has 4 rings (SSSR count). The number of rotatable bonds is 5. The van der Waals surface area contributed by atoms with Crippen LogP contribution in [0.4, 0.5) is 0 Å². The Hall–Kier alpha value is -2.56. The van der Waals surface area contributed by atoms with Gasteiger partial charge < -0.3 is 4.43 Å². The lowest BCUT2D eigenvalue weighted by molar-refractivity contribution is 0.266. The first kappa shape index (κ1) is 21.7. The summed E-state index contributed by atoms with van der Waals surface area (Å²) in [5.41, 5.74) is 7.58. The molecule has 3 nitrogen and oxygen atoms in total. The van der Waals surface area contributed by atoms with Gasteiger partial charge in [0.2, 0.25) is 0 Å². The van der Waals surface area contributed by atoms with E-state index < -0.39 is 8.32 Å². The van der Waals surface area contributed by atoms with E-state index in [1.54, 1.807) is 0 Å². The van der Waals surface area contributed by atoms with Crippen LogP contribution < -0.4 is 0 Å². The lowest BCUT2D eigenvalue weighted by Gasteiger charge is -2.37. The van der Waals surface area contributed by atoms with Crippen LogP contribution in [0, 0.1) is 0 Å². The van der Waals surface area contributed by atoms with E-state index in [1.165, 1.54) is 5.56 Å². The van der Waals surface area contributed by atoms with Crippen LogP contribution in [0.25, 0.3) is 28.1 Å². The first-order chi connectivity index (χ1) is 14.7. The second kappa shape index (κ2) is 8.17. The first-order valence-corrected chi connectivity index (χ1v) is 13.9. The quantitative estimate of drug-likeness (QED) is 0.399. The van der Waals surface area contributed by atoms with Crippen molar-refractivity contribution in [2.24, 2.45) is 0 Å². The van der Waals surface area contributed by atoms with Crippen LogP contribution in [0.2, 0.25) is 18.1 Å². The predicted octanol–water partition coefficient (Wildman–Crippen LogP) is 7.33. The molecule has 4 heteroatoms. The lowest BCUT2D eigenvalue weighted by atomic mass is 9.94. The zero-order chi connectivity index (χ0) is 22.2. The molecule has 2 aromatic carbocycles. The molecule has 31 heavy (non-hydrogen) atoms. The minimum Gasteiger partial charge on any atom is -0.416 e. The maximum Gasteiger partial charge on any atom is 0.192 e. The van der Waals surface area contributed by atoms with Gasteiger partial charge in [-0.15, -0.1) is 10.2 Å². The van der Waals surface area contributed by atoms with E-state index in [-0.39, 0.29) is 11.0 Å². The van der Waals surface area contributed by atoms with Crippen molar-refractivity contribution < 1.29 is 4.43 Å². The van der Waals surface area contributed by atoms with Gasteiger partial charge in [0.1, 0.15) is 5.69 Å². The summed E-state index contributed by atoms with van der Waals surface area (Å²) in [6, 6.07) is 20.7. The average molecular weight is 429 g/mol. The van der Waals surface area contributed by atoms with Gasteiger partial charge in [0, 0.05) is 29.2 Å². The molecule has 0 amide bonds. The van der Waals surface area contributed by atoms with Crippen LogP contribution in [0.15, 0.2) is 67.2 Å². The molecule has 0 spiro atoms. The summed E-state index contributed by atoms with van der Waals surface area (Å²) < 4.78 is 6.67. The number of nitrogens with zero attached hydrogens (tertiary/aromatic N) is 2. The highest BCUT2D eigenvalue weighted by Crippen LogP contribution is 2.48. The molecule has 0 unspecified atom stereocenters. The second-order valence-corrected chi connectivity index (χ2v) is 14.8. The lowest BCUT2D eigenvalue weighted by Crippen LogP contribution is -2.41. The van der Waals surface area contributed by atoms with Crippen molar-refractivity contribution in [1.82, 2.24) is 10.2 Å². The van der Waals surface area contributed by atoms with Crippen molar-refractivity contribution >= 4 is 13.9 Å². The van der Waals surface area contributed by atoms with E-state index in [2.05, 4.69) is 81.9 Å². The molecular formula is C27H32N2OSi. The molecule has 160 valence electrons. The molecule has 3 aromatic rings. The van der Waals surface area contributed by atoms with Gasteiger partial charge in [-0.2, -0.15) is 0 Å². The zero-order valence-corrected chi connectivity index (χ0v) is 20.3. The fourth-order valence-electron chi connectivity index (χ4n) is 3.98. The molecule has 1 aliphatic rings. The summed E-state index contributed by atoms with van der Waals surface area (Å²) >= 11 is 0. The van der Waals surface area contributed by atoms with E-state index in [9.17, 15) is 0 Å². The molecule has 1 atom stereocenters. The summed E-state index contributed by atoms with van der Waals surface area (Å²) in [5.74, 6) is 0.241. The van der Waals surface area contributed by atoms with Crippen molar-refractivity contribution in [1.29, 1.82) is 0 Å². The minimum absolute atomic E-state index is 0.180. The third-order valence-corrected chi connectivity index (χ3v) is 11.3. The monoisotopic (exact) mass is 428 g/mol.